The van der Waals surface area contributed by atoms with Gasteiger partial charge in [-0.15, -0.1) is 0 Å². The number of esters is 2. The lowest BCUT2D eigenvalue weighted by Gasteiger charge is -2.19. The molecule has 0 saturated heterocycles. The molecule has 9 nitrogen and oxygen atoms in total. The van der Waals surface area contributed by atoms with E-state index in [1.165, 1.54) is 25.7 Å². The van der Waals surface area contributed by atoms with E-state index in [2.05, 4.69) is 86.8 Å². The summed E-state index contributed by atoms with van der Waals surface area (Å²) in [6.07, 6.45) is 43.6. The lowest BCUT2D eigenvalue weighted by atomic mass is 10.1. The van der Waals surface area contributed by atoms with Crippen LogP contribution in [0.3, 0.4) is 0 Å². The van der Waals surface area contributed by atoms with Crippen LogP contribution in [0.4, 0.5) is 0 Å². The molecule has 0 aromatic heterocycles. The number of unbranched alkanes of at least 4 members (excludes halogenated alkanes) is 10. The monoisotopic (exact) mass is 735 g/mol. The zero-order chi connectivity index (χ0) is 37.5. The van der Waals surface area contributed by atoms with Gasteiger partial charge in [0.05, 0.1) is 13.2 Å². The van der Waals surface area contributed by atoms with Gasteiger partial charge in [-0.3, -0.25) is 18.6 Å². The third-order valence-corrected chi connectivity index (χ3v) is 8.56. The quantitative estimate of drug-likeness (QED) is 0.0282. The van der Waals surface area contributed by atoms with Gasteiger partial charge >= 0.3 is 19.8 Å². The maximum absolute atomic E-state index is 12.5. The van der Waals surface area contributed by atoms with Crippen LogP contribution < -0.4 is 5.73 Å². The molecule has 2 atom stereocenters. The highest BCUT2D eigenvalue weighted by Gasteiger charge is 2.25. The van der Waals surface area contributed by atoms with Crippen molar-refractivity contribution in [3.8, 4) is 0 Å². The normalized spacial score (nSPS) is 14.2. The van der Waals surface area contributed by atoms with Crippen molar-refractivity contribution in [2.45, 2.75) is 148 Å². The number of phosphoric ester groups is 1. The van der Waals surface area contributed by atoms with Crippen molar-refractivity contribution in [1.29, 1.82) is 0 Å². The maximum Gasteiger partial charge on any atom is 0.472 e. The molecule has 0 fully saturated rings. The number of hydrogen-bond acceptors (Lipinski definition) is 8. The number of phosphoric acid groups is 1. The van der Waals surface area contributed by atoms with Gasteiger partial charge in [0.15, 0.2) is 6.10 Å². The van der Waals surface area contributed by atoms with Crippen molar-refractivity contribution in [2.24, 2.45) is 5.73 Å². The molecule has 0 radical (unpaired) electrons. The van der Waals surface area contributed by atoms with E-state index >= 15 is 0 Å². The van der Waals surface area contributed by atoms with Gasteiger partial charge in [-0.1, -0.05) is 119 Å². The molecule has 0 aromatic carbocycles. The Morgan fingerprint density at radius 2 is 1.08 bits per heavy atom. The fourth-order valence-corrected chi connectivity index (χ4v) is 5.48. The molecular weight excluding hydrogens is 665 g/mol. The Hall–Kier alpha value is -2.55. The summed E-state index contributed by atoms with van der Waals surface area (Å²) in [6, 6.07) is 0. The SMILES string of the molecule is CC/C=C/C/C=C/C/C=C/C/C=C/CCCCC(=O)O[C@H](COC(=O)CCCCCCC/C=C/C/C=C/CCCCC)COP(=O)(O)OCCN. The van der Waals surface area contributed by atoms with Gasteiger partial charge in [0.25, 0.3) is 0 Å². The smallest absolute Gasteiger partial charge is 0.462 e. The van der Waals surface area contributed by atoms with E-state index in [4.69, 9.17) is 24.3 Å². The summed E-state index contributed by atoms with van der Waals surface area (Å²) in [6.45, 7) is 3.49. The highest BCUT2D eigenvalue weighted by Crippen LogP contribution is 2.43. The van der Waals surface area contributed by atoms with E-state index in [1.807, 2.05) is 0 Å². The van der Waals surface area contributed by atoms with E-state index in [9.17, 15) is 19.0 Å². The lowest BCUT2D eigenvalue weighted by Crippen LogP contribution is -2.29. The Morgan fingerprint density at radius 3 is 1.65 bits per heavy atom. The first-order valence-electron chi connectivity index (χ1n) is 19.4. The number of carbonyl (C=O) groups is 2. The maximum atomic E-state index is 12.5. The van der Waals surface area contributed by atoms with Crippen LogP contribution in [0.5, 0.6) is 0 Å². The molecule has 10 heteroatoms. The Balaban J connectivity index is 4.33. The Kier molecular flexibility index (Phi) is 35.4. The van der Waals surface area contributed by atoms with Gasteiger partial charge in [0, 0.05) is 19.4 Å². The van der Waals surface area contributed by atoms with E-state index in [1.54, 1.807) is 0 Å². The van der Waals surface area contributed by atoms with E-state index in [0.29, 0.717) is 12.8 Å². The average Bonchev–Trinajstić information content (AvgIpc) is 3.11. The number of hydrogen-bond donors (Lipinski definition) is 2. The number of allylic oxidation sites excluding steroid dienone is 12. The third kappa shape index (κ3) is 37.0. The summed E-state index contributed by atoms with van der Waals surface area (Å²) in [5.74, 6) is -0.902. The van der Waals surface area contributed by atoms with Gasteiger partial charge in [0.1, 0.15) is 6.61 Å². The Morgan fingerprint density at radius 1 is 0.608 bits per heavy atom. The fourth-order valence-electron chi connectivity index (χ4n) is 4.71. The van der Waals surface area contributed by atoms with Crippen molar-refractivity contribution in [1.82, 2.24) is 0 Å². The van der Waals surface area contributed by atoms with Crippen LogP contribution in [-0.4, -0.2) is 49.3 Å². The molecule has 0 aliphatic rings. The lowest BCUT2D eigenvalue weighted by molar-refractivity contribution is -0.161. The standard InChI is InChI=1S/C41H70NO8P/c1-3-5-7-9-11-13-15-17-19-21-23-25-27-29-31-33-40(43)47-37-39(38-49-51(45,46)48-36-35-42)50-41(44)34-32-30-28-26-24-22-20-18-16-14-12-10-8-6-4-2/h6,8,11-14,17-20,24,26,39H,3-5,7,9-10,15-16,21-23,25,27-38,42H2,1-2H3,(H,45,46)/b8-6+,13-11+,14-12+,19-17+,20-18+,26-24+/t39-/m1/s1. The molecule has 0 aromatic rings. The summed E-state index contributed by atoms with van der Waals surface area (Å²) >= 11 is 0. The minimum absolute atomic E-state index is 0.0407. The van der Waals surface area contributed by atoms with E-state index in [0.717, 1.165) is 77.0 Å². The number of carbonyl (C=O) groups excluding carboxylic acids is 2. The van der Waals surface area contributed by atoms with Crippen molar-refractivity contribution >= 4 is 19.8 Å². The fraction of sp³-hybridized carbons (Fsp3) is 0.659. The van der Waals surface area contributed by atoms with Gasteiger partial charge in [0.2, 0.25) is 0 Å². The molecule has 0 spiro atoms. The first-order valence-corrected chi connectivity index (χ1v) is 20.9. The molecule has 0 aliphatic carbocycles. The first kappa shape index (κ1) is 48.5. The molecule has 0 heterocycles. The van der Waals surface area contributed by atoms with Crippen molar-refractivity contribution in [2.75, 3.05) is 26.4 Å². The molecule has 3 N–H and O–H groups in total. The van der Waals surface area contributed by atoms with Crippen LogP contribution in [0.2, 0.25) is 0 Å². The first-order chi connectivity index (χ1) is 24.8. The zero-order valence-electron chi connectivity index (χ0n) is 31.8. The molecule has 292 valence electrons. The summed E-state index contributed by atoms with van der Waals surface area (Å²) < 4.78 is 32.6. The second-order valence-electron chi connectivity index (χ2n) is 12.4. The average molecular weight is 736 g/mol. The summed E-state index contributed by atoms with van der Waals surface area (Å²) in [7, 11) is -4.39. The van der Waals surface area contributed by atoms with Crippen molar-refractivity contribution in [3.63, 3.8) is 0 Å². The Labute approximate surface area is 310 Å². The minimum atomic E-state index is -4.39. The van der Waals surface area contributed by atoms with Crippen LogP contribution in [0.15, 0.2) is 72.9 Å². The number of rotatable bonds is 35. The predicted octanol–water partition coefficient (Wildman–Crippen LogP) is 10.7. The van der Waals surface area contributed by atoms with Gasteiger partial charge in [-0.05, 0) is 83.5 Å². The zero-order valence-corrected chi connectivity index (χ0v) is 32.7. The van der Waals surface area contributed by atoms with Crippen LogP contribution in [-0.2, 0) is 32.7 Å². The van der Waals surface area contributed by atoms with Gasteiger partial charge in [-0.25, -0.2) is 4.57 Å². The molecule has 0 saturated carbocycles. The third-order valence-electron chi connectivity index (χ3n) is 7.58. The molecule has 0 rings (SSSR count). The molecular formula is C41H70NO8P. The molecule has 0 bridgehead atoms. The number of ether oxygens (including phenoxy) is 2. The van der Waals surface area contributed by atoms with Crippen LogP contribution in [0, 0.1) is 0 Å². The summed E-state index contributed by atoms with van der Waals surface area (Å²) in [5, 5.41) is 0. The highest BCUT2D eigenvalue weighted by atomic mass is 31.2. The second-order valence-corrected chi connectivity index (χ2v) is 13.9. The number of nitrogens with two attached hydrogens (primary N) is 1. The largest absolute Gasteiger partial charge is 0.472 e. The Bertz CT molecular complexity index is 1070. The molecule has 1 unspecified atom stereocenters. The van der Waals surface area contributed by atoms with E-state index < -0.39 is 32.5 Å². The predicted molar refractivity (Wildman–Crippen MR) is 210 cm³/mol. The van der Waals surface area contributed by atoms with Crippen LogP contribution in [0.1, 0.15) is 142 Å². The van der Waals surface area contributed by atoms with Crippen molar-refractivity contribution in [3.05, 3.63) is 72.9 Å². The molecule has 51 heavy (non-hydrogen) atoms. The summed E-state index contributed by atoms with van der Waals surface area (Å²) in [4.78, 5) is 34.7. The molecule has 0 aliphatic heterocycles. The van der Waals surface area contributed by atoms with Gasteiger partial charge in [-0.2, -0.15) is 0 Å². The second kappa shape index (κ2) is 37.2. The van der Waals surface area contributed by atoms with Crippen molar-refractivity contribution < 1.29 is 37.6 Å². The van der Waals surface area contributed by atoms with Crippen LogP contribution >= 0.6 is 7.82 Å². The van der Waals surface area contributed by atoms with E-state index in [-0.39, 0.29) is 32.6 Å². The molecule has 0 amide bonds. The van der Waals surface area contributed by atoms with Gasteiger partial charge < -0.3 is 20.1 Å². The minimum Gasteiger partial charge on any atom is -0.462 e. The topological polar surface area (TPSA) is 134 Å². The highest BCUT2D eigenvalue weighted by molar-refractivity contribution is 7.47. The summed E-state index contributed by atoms with van der Waals surface area (Å²) in [5.41, 5.74) is 5.33. The van der Waals surface area contributed by atoms with Crippen LogP contribution in [0.25, 0.3) is 0 Å².